The normalized spacial score (nSPS) is 21.0. The van der Waals surface area contributed by atoms with Crippen LogP contribution in [-0.2, 0) is 18.3 Å². The lowest BCUT2D eigenvalue weighted by atomic mass is 9.77. The summed E-state index contributed by atoms with van der Waals surface area (Å²) in [6.07, 6.45) is 7.08. The van der Waals surface area contributed by atoms with Gasteiger partial charge in [0.1, 0.15) is 5.82 Å². The molecule has 1 atom stereocenters. The van der Waals surface area contributed by atoms with Gasteiger partial charge in [0.15, 0.2) is 0 Å². The van der Waals surface area contributed by atoms with Crippen LogP contribution >= 0.6 is 0 Å². The Morgan fingerprint density at radius 3 is 2.87 bits per heavy atom. The van der Waals surface area contributed by atoms with Crippen LogP contribution in [0.3, 0.4) is 0 Å². The van der Waals surface area contributed by atoms with Crippen molar-refractivity contribution >= 4 is 11.7 Å². The zero-order chi connectivity index (χ0) is 21.0. The fraction of sp³-hybridized carbons (Fsp3) is 0.346. The maximum Gasteiger partial charge on any atom is 0.321 e. The van der Waals surface area contributed by atoms with Gasteiger partial charge in [-0.3, -0.25) is 0 Å². The van der Waals surface area contributed by atoms with Gasteiger partial charge in [-0.05, 0) is 79.0 Å². The SMILES string of the molecule is Cc1ncc2c(n1)C1(CCCN(C(=O)Nc3ccc4c(c3)Cc3ccccc3-4)C1)CC2. The van der Waals surface area contributed by atoms with E-state index in [4.69, 9.17) is 4.98 Å². The van der Waals surface area contributed by atoms with Crippen LogP contribution in [0.5, 0.6) is 0 Å². The van der Waals surface area contributed by atoms with Gasteiger partial charge in [-0.15, -0.1) is 0 Å². The molecule has 1 spiro atoms. The lowest BCUT2D eigenvalue weighted by Gasteiger charge is -2.40. The average molecular weight is 411 g/mol. The summed E-state index contributed by atoms with van der Waals surface area (Å²) in [5, 5.41) is 3.16. The summed E-state index contributed by atoms with van der Waals surface area (Å²) < 4.78 is 0. The lowest BCUT2D eigenvalue weighted by Crippen LogP contribution is -2.49. The number of carbonyl (C=O) groups is 1. The number of nitrogens with one attached hydrogen (secondary N) is 1. The Hall–Kier alpha value is -3.21. The topological polar surface area (TPSA) is 58.1 Å². The monoisotopic (exact) mass is 410 g/mol. The van der Waals surface area contributed by atoms with Crippen molar-refractivity contribution in [3.8, 4) is 11.1 Å². The third kappa shape index (κ3) is 3.02. The maximum atomic E-state index is 13.2. The van der Waals surface area contributed by atoms with E-state index in [9.17, 15) is 4.79 Å². The van der Waals surface area contributed by atoms with Crippen molar-refractivity contribution in [3.05, 3.63) is 76.9 Å². The zero-order valence-electron chi connectivity index (χ0n) is 17.8. The molecule has 156 valence electrons. The average Bonchev–Trinajstić information content (AvgIpc) is 3.32. The highest BCUT2D eigenvalue weighted by Gasteiger charge is 2.44. The fourth-order valence-electron chi connectivity index (χ4n) is 5.76. The molecule has 6 rings (SSSR count). The van der Waals surface area contributed by atoms with Gasteiger partial charge >= 0.3 is 6.03 Å². The van der Waals surface area contributed by atoms with Gasteiger partial charge in [0.2, 0.25) is 0 Å². The molecule has 1 unspecified atom stereocenters. The summed E-state index contributed by atoms with van der Waals surface area (Å²) in [5.41, 5.74) is 8.52. The number of urea groups is 1. The van der Waals surface area contributed by atoms with E-state index in [-0.39, 0.29) is 11.4 Å². The van der Waals surface area contributed by atoms with Gasteiger partial charge in [-0.1, -0.05) is 30.3 Å². The molecule has 2 aromatic carbocycles. The zero-order valence-corrected chi connectivity index (χ0v) is 17.8. The predicted octanol–water partition coefficient (Wildman–Crippen LogP) is 4.87. The van der Waals surface area contributed by atoms with Crippen molar-refractivity contribution in [2.24, 2.45) is 0 Å². The molecule has 0 radical (unpaired) electrons. The van der Waals surface area contributed by atoms with Crippen LogP contribution in [-0.4, -0.2) is 34.0 Å². The highest BCUT2D eigenvalue weighted by atomic mass is 16.2. The number of fused-ring (bicyclic) bond motifs is 5. The first kappa shape index (κ1) is 18.6. The highest BCUT2D eigenvalue weighted by Crippen LogP contribution is 2.44. The smallest absolute Gasteiger partial charge is 0.321 e. The summed E-state index contributed by atoms with van der Waals surface area (Å²) >= 11 is 0. The first-order valence-corrected chi connectivity index (χ1v) is 11.2. The van der Waals surface area contributed by atoms with Crippen LogP contribution < -0.4 is 5.32 Å². The number of aromatic nitrogens is 2. The quantitative estimate of drug-likeness (QED) is 0.487. The van der Waals surface area contributed by atoms with Gasteiger partial charge in [-0.2, -0.15) is 0 Å². The van der Waals surface area contributed by atoms with E-state index in [1.807, 2.05) is 24.1 Å². The van der Waals surface area contributed by atoms with Crippen molar-refractivity contribution in [2.75, 3.05) is 18.4 Å². The Kier molecular flexibility index (Phi) is 4.13. The summed E-state index contributed by atoms with van der Waals surface area (Å²) in [6, 6.07) is 14.8. The molecule has 1 saturated heterocycles. The molecule has 1 aliphatic heterocycles. The number of hydrogen-bond donors (Lipinski definition) is 1. The molecule has 2 heterocycles. The minimum atomic E-state index is -0.0157. The molecule has 1 N–H and O–H groups in total. The molecule has 5 heteroatoms. The van der Waals surface area contributed by atoms with Crippen LogP contribution in [0, 0.1) is 6.92 Å². The van der Waals surface area contributed by atoms with Crippen molar-refractivity contribution in [1.82, 2.24) is 14.9 Å². The first-order chi connectivity index (χ1) is 15.1. The minimum absolute atomic E-state index is 0.00577. The third-order valence-electron chi connectivity index (χ3n) is 7.27. The summed E-state index contributed by atoms with van der Waals surface area (Å²) in [6.45, 7) is 3.48. The number of hydrogen-bond acceptors (Lipinski definition) is 3. The van der Waals surface area contributed by atoms with E-state index >= 15 is 0 Å². The third-order valence-corrected chi connectivity index (χ3v) is 7.27. The van der Waals surface area contributed by atoms with Crippen molar-refractivity contribution in [3.63, 3.8) is 0 Å². The molecule has 3 aromatic rings. The summed E-state index contributed by atoms with van der Waals surface area (Å²) in [4.78, 5) is 24.3. The molecule has 3 aliphatic rings. The van der Waals surface area contributed by atoms with E-state index in [1.165, 1.54) is 33.5 Å². The molecule has 0 bridgehead atoms. The van der Waals surface area contributed by atoms with E-state index in [0.29, 0.717) is 0 Å². The Morgan fingerprint density at radius 1 is 1.06 bits per heavy atom. The number of carbonyl (C=O) groups excluding carboxylic acids is 1. The highest BCUT2D eigenvalue weighted by molar-refractivity contribution is 5.91. The van der Waals surface area contributed by atoms with E-state index in [2.05, 4.69) is 46.7 Å². The number of benzene rings is 2. The number of nitrogens with zero attached hydrogens (tertiary/aromatic N) is 3. The van der Waals surface area contributed by atoms with Gasteiger partial charge in [0, 0.05) is 30.4 Å². The minimum Gasteiger partial charge on any atom is -0.324 e. The molecular weight excluding hydrogens is 384 g/mol. The number of likely N-dealkylation sites (tertiary alicyclic amines) is 1. The van der Waals surface area contributed by atoms with Crippen LogP contribution in [0.2, 0.25) is 0 Å². The standard InChI is InChI=1S/C26H26N4O/c1-17-27-15-19-9-11-26(24(19)28-17)10-4-12-30(16-26)25(31)29-21-7-8-23-20(14-21)13-18-5-2-3-6-22(18)23/h2-3,5-8,14-15H,4,9-13,16H2,1H3,(H,29,31). The molecule has 5 nitrogen and oxygen atoms in total. The van der Waals surface area contributed by atoms with Crippen LogP contribution in [0.15, 0.2) is 48.7 Å². The molecular formula is C26H26N4O. The van der Waals surface area contributed by atoms with Gasteiger partial charge < -0.3 is 10.2 Å². The summed E-state index contributed by atoms with van der Waals surface area (Å²) in [5.74, 6) is 0.820. The van der Waals surface area contributed by atoms with Crippen molar-refractivity contribution < 1.29 is 4.79 Å². The molecule has 2 aliphatic carbocycles. The van der Waals surface area contributed by atoms with E-state index in [0.717, 1.165) is 56.7 Å². The van der Waals surface area contributed by atoms with Crippen LogP contribution in [0.4, 0.5) is 10.5 Å². The number of rotatable bonds is 1. The molecule has 2 amide bonds. The van der Waals surface area contributed by atoms with Crippen molar-refractivity contribution in [2.45, 2.75) is 44.4 Å². The van der Waals surface area contributed by atoms with Gasteiger partial charge in [0.25, 0.3) is 0 Å². The number of amides is 2. The number of anilines is 1. The Labute approximate surface area is 182 Å². The second-order valence-corrected chi connectivity index (χ2v) is 9.23. The number of aryl methyl sites for hydroxylation is 2. The largest absolute Gasteiger partial charge is 0.324 e. The van der Waals surface area contributed by atoms with Crippen molar-refractivity contribution in [1.29, 1.82) is 0 Å². The Balaban J connectivity index is 1.21. The molecule has 1 aromatic heterocycles. The number of piperidine rings is 1. The second-order valence-electron chi connectivity index (χ2n) is 9.23. The lowest BCUT2D eigenvalue weighted by molar-refractivity contribution is 0.157. The molecule has 1 fully saturated rings. The Morgan fingerprint density at radius 2 is 1.94 bits per heavy atom. The molecule has 31 heavy (non-hydrogen) atoms. The first-order valence-electron chi connectivity index (χ1n) is 11.2. The molecule has 0 saturated carbocycles. The van der Waals surface area contributed by atoms with Crippen LogP contribution in [0.25, 0.3) is 11.1 Å². The van der Waals surface area contributed by atoms with E-state index < -0.39 is 0 Å². The van der Waals surface area contributed by atoms with Gasteiger partial charge in [-0.25, -0.2) is 14.8 Å². The second kappa shape index (κ2) is 6.91. The van der Waals surface area contributed by atoms with E-state index in [1.54, 1.807) is 0 Å². The van der Waals surface area contributed by atoms with Gasteiger partial charge in [0.05, 0.1) is 5.69 Å². The summed E-state index contributed by atoms with van der Waals surface area (Å²) in [7, 11) is 0. The maximum absolute atomic E-state index is 13.2. The fourth-order valence-corrected chi connectivity index (χ4v) is 5.76. The predicted molar refractivity (Wildman–Crippen MR) is 121 cm³/mol. The van der Waals surface area contributed by atoms with Crippen LogP contribution in [0.1, 0.15) is 47.5 Å². The Bertz CT molecular complexity index is 1200.